The second-order valence-corrected chi connectivity index (χ2v) is 9.13. The highest BCUT2D eigenvalue weighted by molar-refractivity contribution is 7.67. The predicted molar refractivity (Wildman–Crippen MR) is 93.5 cm³/mol. The molecule has 0 N–H and O–H groups in total. The van der Waals surface area contributed by atoms with Gasteiger partial charge in [0.2, 0.25) is 0 Å². The number of hydrogen-bond acceptors (Lipinski definition) is 2. The molecule has 0 radical (unpaired) electrons. The van der Waals surface area contributed by atoms with Gasteiger partial charge in [-0.15, -0.1) is 0 Å². The summed E-state index contributed by atoms with van der Waals surface area (Å²) in [5.74, 6) is 0. The summed E-state index contributed by atoms with van der Waals surface area (Å²) in [5.41, 5.74) is 2.19. The number of benzene rings is 2. The van der Waals surface area contributed by atoms with Gasteiger partial charge in [-0.3, -0.25) is 0 Å². The van der Waals surface area contributed by atoms with Crippen molar-refractivity contribution in [3.63, 3.8) is 0 Å². The van der Waals surface area contributed by atoms with E-state index < -0.39 is 0 Å². The molecule has 4 rings (SSSR count). The monoisotopic (exact) mass is 310 g/mol. The van der Waals surface area contributed by atoms with Crippen molar-refractivity contribution in [2.24, 2.45) is 0 Å². The molecule has 2 aromatic rings. The van der Waals surface area contributed by atoms with Crippen LogP contribution in [0.5, 0.6) is 0 Å². The summed E-state index contributed by atoms with van der Waals surface area (Å²) in [6.45, 7) is 4.66. The molecule has 2 heterocycles. The molecule has 0 unspecified atom stereocenters. The lowest BCUT2D eigenvalue weighted by molar-refractivity contribution is 0.170. The van der Waals surface area contributed by atoms with Gasteiger partial charge in [-0.2, -0.15) is 0 Å². The molecule has 112 valence electrons. The largest absolute Gasteiger partial charge is 0.494 e. The standard InChI is InChI=1S/C18H20BO2P/c1-13-17-18(14(2)22(13)16-11-7-4-8-12-16)21-19(20-17)15-9-5-3-6-10-15/h3-14,17-18H,1-2H3/t13-,14-,17+,18+/m0/s1. The van der Waals surface area contributed by atoms with Crippen molar-refractivity contribution in [1.82, 2.24) is 0 Å². The fourth-order valence-corrected chi connectivity index (χ4v) is 7.09. The maximum absolute atomic E-state index is 6.30. The lowest BCUT2D eigenvalue weighted by Crippen LogP contribution is -2.34. The number of fused-ring (bicyclic) bond motifs is 1. The number of rotatable bonds is 2. The van der Waals surface area contributed by atoms with Crippen LogP contribution in [0.4, 0.5) is 0 Å². The Morgan fingerprint density at radius 3 is 1.82 bits per heavy atom. The Kier molecular flexibility index (Phi) is 3.82. The van der Waals surface area contributed by atoms with Crippen molar-refractivity contribution >= 4 is 25.8 Å². The molecular formula is C18H20BO2P. The van der Waals surface area contributed by atoms with Crippen molar-refractivity contribution in [2.75, 3.05) is 0 Å². The second kappa shape index (κ2) is 5.81. The maximum atomic E-state index is 6.30. The van der Waals surface area contributed by atoms with E-state index in [1.54, 1.807) is 0 Å². The average Bonchev–Trinajstić information content (AvgIpc) is 3.10. The summed E-state index contributed by atoms with van der Waals surface area (Å²) in [6, 6.07) is 21.2. The Hall–Kier alpha value is -1.15. The highest BCUT2D eigenvalue weighted by Crippen LogP contribution is 2.57. The maximum Gasteiger partial charge on any atom is 0.494 e. The smallest absolute Gasteiger partial charge is 0.401 e. The molecule has 2 aliphatic rings. The van der Waals surface area contributed by atoms with Crippen LogP contribution in [0.2, 0.25) is 0 Å². The summed E-state index contributed by atoms with van der Waals surface area (Å²) in [7, 11) is -0.434. The minimum Gasteiger partial charge on any atom is -0.401 e. The van der Waals surface area contributed by atoms with Crippen molar-refractivity contribution in [2.45, 2.75) is 37.4 Å². The lowest BCUT2D eigenvalue weighted by Gasteiger charge is -2.24. The molecule has 4 atom stereocenters. The van der Waals surface area contributed by atoms with Gasteiger partial charge < -0.3 is 9.31 Å². The molecule has 22 heavy (non-hydrogen) atoms. The third kappa shape index (κ3) is 2.32. The van der Waals surface area contributed by atoms with Gasteiger partial charge in [0.25, 0.3) is 0 Å². The normalized spacial score (nSPS) is 33.9. The summed E-state index contributed by atoms with van der Waals surface area (Å²) in [6.07, 6.45) is 0.429. The summed E-state index contributed by atoms with van der Waals surface area (Å²) >= 11 is 0. The first kappa shape index (κ1) is 14.4. The first-order valence-corrected chi connectivity index (χ1v) is 9.43. The van der Waals surface area contributed by atoms with E-state index in [-0.39, 0.29) is 27.2 Å². The third-order valence-electron chi connectivity index (χ3n) is 4.84. The second-order valence-electron chi connectivity index (χ2n) is 6.17. The molecule has 0 amide bonds. The van der Waals surface area contributed by atoms with Gasteiger partial charge in [0, 0.05) is 11.3 Å². The molecule has 2 aliphatic heterocycles. The van der Waals surface area contributed by atoms with Gasteiger partial charge in [-0.25, -0.2) is 0 Å². The fraction of sp³-hybridized carbons (Fsp3) is 0.333. The molecular weight excluding hydrogens is 290 g/mol. The zero-order valence-electron chi connectivity index (χ0n) is 12.9. The van der Waals surface area contributed by atoms with Crippen LogP contribution < -0.4 is 10.8 Å². The molecule has 0 spiro atoms. The molecule has 4 heteroatoms. The molecule has 2 fully saturated rings. The first-order chi connectivity index (χ1) is 10.8. The predicted octanol–water partition coefficient (Wildman–Crippen LogP) is 2.76. The molecule has 0 saturated carbocycles. The van der Waals surface area contributed by atoms with Crippen LogP contribution in [-0.2, 0) is 9.31 Å². The zero-order valence-corrected chi connectivity index (χ0v) is 13.8. The van der Waals surface area contributed by atoms with Gasteiger partial charge in [-0.1, -0.05) is 82.4 Å². The summed E-state index contributed by atoms with van der Waals surface area (Å²) in [5, 5.41) is 1.47. The molecule has 2 nitrogen and oxygen atoms in total. The minimum absolute atomic E-state index is 0.200. The van der Waals surface area contributed by atoms with Crippen LogP contribution in [0.15, 0.2) is 60.7 Å². The van der Waals surface area contributed by atoms with Gasteiger partial charge in [-0.05, 0) is 10.8 Å². The molecule has 2 aromatic carbocycles. The van der Waals surface area contributed by atoms with E-state index in [4.69, 9.17) is 9.31 Å². The van der Waals surface area contributed by atoms with Gasteiger partial charge >= 0.3 is 7.12 Å². The third-order valence-corrected chi connectivity index (χ3v) is 8.08. The summed E-state index contributed by atoms with van der Waals surface area (Å²) in [4.78, 5) is 0. The Morgan fingerprint density at radius 1 is 0.773 bits per heavy atom. The van der Waals surface area contributed by atoms with E-state index in [1.807, 2.05) is 18.2 Å². The van der Waals surface area contributed by atoms with E-state index >= 15 is 0 Å². The molecule has 0 bridgehead atoms. The molecule has 0 aliphatic carbocycles. The SMILES string of the molecule is C[C@H]1[C@H]2OB(c3ccccc3)O[C@@H]2[C@H](C)P1c1ccccc1. The van der Waals surface area contributed by atoms with E-state index in [0.717, 1.165) is 5.46 Å². The van der Waals surface area contributed by atoms with Crippen LogP contribution in [-0.4, -0.2) is 30.6 Å². The van der Waals surface area contributed by atoms with Gasteiger partial charge in [0.05, 0.1) is 12.2 Å². The van der Waals surface area contributed by atoms with E-state index in [0.29, 0.717) is 11.3 Å². The Bertz CT molecular complexity index is 618. The average molecular weight is 310 g/mol. The van der Waals surface area contributed by atoms with E-state index in [9.17, 15) is 0 Å². The van der Waals surface area contributed by atoms with Gasteiger partial charge in [0.1, 0.15) is 0 Å². The van der Waals surface area contributed by atoms with Crippen molar-refractivity contribution in [3.05, 3.63) is 60.7 Å². The van der Waals surface area contributed by atoms with Crippen LogP contribution >= 0.6 is 7.92 Å². The highest BCUT2D eigenvalue weighted by Gasteiger charge is 2.54. The Morgan fingerprint density at radius 2 is 1.27 bits per heavy atom. The van der Waals surface area contributed by atoms with Gasteiger partial charge in [0.15, 0.2) is 0 Å². The van der Waals surface area contributed by atoms with E-state index in [1.165, 1.54) is 5.30 Å². The highest BCUT2D eigenvalue weighted by atomic mass is 31.1. The Balaban J connectivity index is 1.57. The minimum atomic E-state index is -0.234. The summed E-state index contributed by atoms with van der Waals surface area (Å²) < 4.78 is 12.6. The van der Waals surface area contributed by atoms with Crippen molar-refractivity contribution < 1.29 is 9.31 Å². The first-order valence-electron chi connectivity index (χ1n) is 7.95. The number of hydrogen-bond donors (Lipinski definition) is 0. The zero-order chi connectivity index (χ0) is 15.1. The van der Waals surface area contributed by atoms with Crippen LogP contribution in [0.25, 0.3) is 0 Å². The lowest BCUT2D eigenvalue weighted by atomic mass is 9.79. The van der Waals surface area contributed by atoms with Crippen LogP contribution in [0.3, 0.4) is 0 Å². The Labute approximate surface area is 133 Å². The van der Waals surface area contributed by atoms with Crippen LogP contribution in [0.1, 0.15) is 13.8 Å². The van der Waals surface area contributed by atoms with Crippen LogP contribution in [0, 0.1) is 0 Å². The quantitative estimate of drug-likeness (QED) is 0.627. The fourth-order valence-electron chi connectivity index (χ4n) is 3.77. The molecule has 0 aromatic heterocycles. The molecule has 2 saturated heterocycles. The topological polar surface area (TPSA) is 18.5 Å². The van der Waals surface area contributed by atoms with Crippen molar-refractivity contribution in [3.8, 4) is 0 Å². The van der Waals surface area contributed by atoms with Crippen molar-refractivity contribution in [1.29, 1.82) is 0 Å². The van der Waals surface area contributed by atoms with E-state index in [2.05, 4.69) is 56.3 Å².